The number of aromatic nitrogens is 3. The van der Waals surface area contributed by atoms with Crippen molar-refractivity contribution in [3.8, 4) is 0 Å². The smallest absolute Gasteiger partial charge is 0.340 e. The maximum absolute atomic E-state index is 13.7. The molecule has 3 heterocycles. The monoisotopic (exact) mass is 445 g/mol. The van der Waals surface area contributed by atoms with Gasteiger partial charge in [0.05, 0.1) is 5.92 Å². The van der Waals surface area contributed by atoms with Gasteiger partial charge in [0, 0.05) is 37.4 Å². The lowest BCUT2D eigenvalue weighted by atomic mass is 9.89. The maximum atomic E-state index is 13.7. The SMILES string of the molecule is O=C(Nc1ccncc1)c1ccnc(N2CC(Cc3ccc(F)cc3)C(C(F)(F)F)C2)n1. The lowest BCUT2D eigenvalue weighted by molar-refractivity contribution is -0.178. The summed E-state index contributed by atoms with van der Waals surface area (Å²) in [6, 6.07) is 10.1. The molecule has 10 heteroatoms. The van der Waals surface area contributed by atoms with Gasteiger partial charge in [-0.2, -0.15) is 13.2 Å². The molecule has 2 aromatic heterocycles. The van der Waals surface area contributed by atoms with Crippen molar-refractivity contribution in [1.29, 1.82) is 0 Å². The normalized spacial score (nSPS) is 18.6. The summed E-state index contributed by atoms with van der Waals surface area (Å²) in [6.45, 7) is -0.248. The second-order valence-electron chi connectivity index (χ2n) is 7.58. The Balaban J connectivity index is 1.52. The van der Waals surface area contributed by atoms with E-state index >= 15 is 0 Å². The zero-order valence-electron chi connectivity index (χ0n) is 16.8. The number of nitrogens with one attached hydrogen (secondary N) is 1. The molecule has 1 aromatic carbocycles. The molecule has 3 aromatic rings. The number of pyridine rings is 1. The highest BCUT2D eigenvalue weighted by molar-refractivity contribution is 6.02. The van der Waals surface area contributed by atoms with Crippen LogP contribution in [0, 0.1) is 17.7 Å². The Labute approximate surface area is 181 Å². The average Bonchev–Trinajstić information content (AvgIpc) is 3.21. The molecular weight excluding hydrogens is 426 g/mol. The van der Waals surface area contributed by atoms with E-state index in [2.05, 4.69) is 20.3 Å². The Morgan fingerprint density at radius 1 is 1.03 bits per heavy atom. The molecule has 6 nitrogen and oxygen atoms in total. The van der Waals surface area contributed by atoms with Crippen molar-refractivity contribution in [1.82, 2.24) is 15.0 Å². The van der Waals surface area contributed by atoms with Crippen LogP contribution in [-0.4, -0.2) is 40.1 Å². The van der Waals surface area contributed by atoms with Gasteiger partial charge in [-0.15, -0.1) is 0 Å². The van der Waals surface area contributed by atoms with Crippen LogP contribution in [0.15, 0.2) is 61.1 Å². The number of rotatable bonds is 5. The molecule has 0 radical (unpaired) electrons. The quantitative estimate of drug-likeness (QED) is 0.599. The van der Waals surface area contributed by atoms with Gasteiger partial charge < -0.3 is 10.2 Å². The predicted molar refractivity (Wildman–Crippen MR) is 110 cm³/mol. The van der Waals surface area contributed by atoms with Gasteiger partial charge in [-0.05, 0) is 48.2 Å². The first-order valence-corrected chi connectivity index (χ1v) is 9.90. The topological polar surface area (TPSA) is 71.0 Å². The Kier molecular flexibility index (Phi) is 6.02. The summed E-state index contributed by atoms with van der Waals surface area (Å²) in [5, 5.41) is 2.66. The standard InChI is InChI=1S/C22H19F4N5O/c23-16-3-1-14(2-4-16)11-15-12-31(13-18(15)22(24,25)26)21-28-10-7-19(30-21)20(32)29-17-5-8-27-9-6-17/h1-10,15,18H,11-13H2,(H,27,29,32). The van der Waals surface area contributed by atoms with Crippen LogP contribution in [0.3, 0.4) is 0 Å². The minimum Gasteiger partial charge on any atom is -0.340 e. The molecule has 1 aliphatic rings. The van der Waals surface area contributed by atoms with Gasteiger partial charge in [0.2, 0.25) is 5.95 Å². The third-order valence-corrected chi connectivity index (χ3v) is 5.37. The first-order valence-electron chi connectivity index (χ1n) is 9.90. The van der Waals surface area contributed by atoms with E-state index in [0.29, 0.717) is 11.3 Å². The Hall–Kier alpha value is -3.56. The third-order valence-electron chi connectivity index (χ3n) is 5.37. The van der Waals surface area contributed by atoms with Crippen LogP contribution in [0.2, 0.25) is 0 Å². The zero-order valence-corrected chi connectivity index (χ0v) is 16.8. The molecule has 1 N–H and O–H groups in total. The summed E-state index contributed by atoms with van der Waals surface area (Å²) in [7, 11) is 0. The number of halogens is 4. The highest BCUT2D eigenvalue weighted by Crippen LogP contribution is 2.40. The molecule has 0 saturated carbocycles. The molecule has 166 valence electrons. The van der Waals surface area contributed by atoms with Gasteiger partial charge in [0.25, 0.3) is 5.91 Å². The molecule has 0 spiro atoms. The first kappa shape index (κ1) is 21.7. The van der Waals surface area contributed by atoms with Gasteiger partial charge in [-0.25, -0.2) is 14.4 Å². The Morgan fingerprint density at radius 2 is 1.75 bits per heavy atom. The van der Waals surface area contributed by atoms with E-state index in [1.54, 1.807) is 12.1 Å². The van der Waals surface area contributed by atoms with E-state index in [0.717, 1.165) is 0 Å². The van der Waals surface area contributed by atoms with E-state index in [1.807, 2.05) is 0 Å². The molecule has 1 aliphatic heterocycles. The van der Waals surface area contributed by atoms with Crippen molar-refractivity contribution < 1.29 is 22.4 Å². The van der Waals surface area contributed by atoms with Crippen molar-refractivity contribution in [2.24, 2.45) is 11.8 Å². The van der Waals surface area contributed by atoms with Crippen molar-refractivity contribution in [2.75, 3.05) is 23.3 Å². The van der Waals surface area contributed by atoms with Crippen LogP contribution >= 0.6 is 0 Å². The van der Waals surface area contributed by atoms with Crippen LogP contribution < -0.4 is 10.2 Å². The molecule has 0 aliphatic carbocycles. The summed E-state index contributed by atoms with van der Waals surface area (Å²) in [6.07, 6.45) is 0.117. The highest BCUT2D eigenvalue weighted by Gasteiger charge is 2.50. The summed E-state index contributed by atoms with van der Waals surface area (Å²) >= 11 is 0. The van der Waals surface area contributed by atoms with Crippen molar-refractivity contribution in [2.45, 2.75) is 12.6 Å². The minimum absolute atomic E-state index is 0.0392. The fraction of sp³-hybridized carbons (Fsp3) is 0.273. The zero-order chi connectivity index (χ0) is 22.7. The fourth-order valence-corrected chi connectivity index (χ4v) is 3.79. The third kappa shape index (κ3) is 5.01. The van der Waals surface area contributed by atoms with E-state index in [1.165, 1.54) is 53.8 Å². The summed E-state index contributed by atoms with van der Waals surface area (Å²) in [4.78, 5) is 26.1. The minimum atomic E-state index is -4.41. The molecule has 2 unspecified atom stereocenters. The van der Waals surface area contributed by atoms with Gasteiger partial charge in [-0.1, -0.05) is 12.1 Å². The maximum Gasteiger partial charge on any atom is 0.393 e. The van der Waals surface area contributed by atoms with Crippen LogP contribution in [0.5, 0.6) is 0 Å². The van der Waals surface area contributed by atoms with Crippen LogP contribution in [-0.2, 0) is 6.42 Å². The average molecular weight is 445 g/mol. The van der Waals surface area contributed by atoms with Crippen molar-refractivity contribution in [3.05, 3.63) is 78.1 Å². The van der Waals surface area contributed by atoms with Gasteiger partial charge in [-0.3, -0.25) is 9.78 Å². The summed E-state index contributed by atoms with van der Waals surface area (Å²) in [5.74, 6) is -3.23. The number of hydrogen-bond donors (Lipinski definition) is 1. The summed E-state index contributed by atoms with van der Waals surface area (Å²) < 4.78 is 54.3. The van der Waals surface area contributed by atoms with Crippen molar-refractivity contribution >= 4 is 17.5 Å². The number of carbonyl (C=O) groups excluding carboxylic acids is 1. The molecule has 2 atom stereocenters. The molecule has 4 rings (SSSR count). The number of alkyl halides is 3. The van der Waals surface area contributed by atoms with Gasteiger partial charge >= 0.3 is 6.18 Å². The van der Waals surface area contributed by atoms with Gasteiger partial charge in [0.15, 0.2) is 0 Å². The van der Waals surface area contributed by atoms with Gasteiger partial charge in [0.1, 0.15) is 11.5 Å². The summed E-state index contributed by atoms with van der Waals surface area (Å²) in [5.41, 5.74) is 1.18. The molecule has 1 fully saturated rings. The van der Waals surface area contributed by atoms with E-state index in [9.17, 15) is 22.4 Å². The van der Waals surface area contributed by atoms with E-state index in [-0.39, 0.29) is 31.2 Å². The van der Waals surface area contributed by atoms with Crippen LogP contribution in [0.1, 0.15) is 16.1 Å². The number of hydrogen-bond acceptors (Lipinski definition) is 5. The molecule has 1 saturated heterocycles. The molecular formula is C22H19F4N5O. The molecule has 0 bridgehead atoms. The first-order chi connectivity index (χ1) is 15.3. The van der Waals surface area contributed by atoms with E-state index in [4.69, 9.17) is 0 Å². The number of amides is 1. The van der Waals surface area contributed by atoms with Crippen LogP contribution in [0.25, 0.3) is 0 Å². The number of carbonyl (C=O) groups is 1. The highest BCUT2D eigenvalue weighted by atomic mass is 19.4. The Bertz CT molecular complexity index is 1080. The lowest BCUT2D eigenvalue weighted by Gasteiger charge is -2.20. The fourth-order valence-electron chi connectivity index (χ4n) is 3.79. The number of benzene rings is 1. The Morgan fingerprint density at radius 3 is 2.44 bits per heavy atom. The van der Waals surface area contributed by atoms with Crippen molar-refractivity contribution in [3.63, 3.8) is 0 Å². The predicted octanol–water partition coefficient (Wildman–Crippen LogP) is 4.12. The lowest BCUT2D eigenvalue weighted by Crippen LogP contribution is -2.31. The molecule has 1 amide bonds. The second kappa shape index (κ2) is 8.89. The molecule has 32 heavy (non-hydrogen) atoms. The number of anilines is 2. The largest absolute Gasteiger partial charge is 0.393 e. The van der Waals surface area contributed by atoms with Crippen LogP contribution in [0.4, 0.5) is 29.2 Å². The van der Waals surface area contributed by atoms with E-state index < -0.39 is 29.7 Å². The number of nitrogens with zero attached hydrogens (tertiary/aromatic N) is 4. The second-order valence-corrected chi connectivity index (χ2v) is 7.58.